The van der Waals surface area contributed by atoms with Crippen LogP contribution in [-0.4, -0.2) is 14.2 Å². The molecule has 1 aliphatic rings. The number of halogens is 2. The molecule has 1 N–H and O–H groups in total. The Kier molecular flexibility index (Phi) is 4.12. The van der Waals surface area contributed by atoms with Crippen molar-refractivity contribution >= 4 is 23.2 Å². The van der Waals surface area contributed by atoms with Crippen molar-refractivity contribution in [3.63, 3.8) is 0 Å². The SMILES string of the molecule is CN[C@H]1C[C@@H](c2ccc(Cl)c(Cl)c2)c2ccc(OC)cc21. The Morgan fingerprint density at radius 1 is 1.05 bits per heavy atom. The standard InChI is InChI=1S/C17H17Cl2NO/c1-20-17-9-13(10-3-6-15(18)16(19)7-10)12-5-4-11(21-2)8-14(12)17/h3-8,13,17,20H,9H2,1-2H3/t13-,17-/m0/s1. The summed E-state index contributed by atoms with van der Waals surface area (Å²) in [5, 5.41) is 4.59. The van der Waals surface area contributed by atoms with Gasteiger partial charge in [-0.05, 0) is 54.4 Å². The monoisotopic (exact) mass is 321 g/mol. The fourth-order valence-corrected chi connectivity index (χ4v) is 3.41. The third kappa shape index (κ3) is 2.64. The van der Waals surface area contributed by atoms with Gasteiger partial charge in [0.2, 0.25) is 0 Å². The van der Waals surface area contributed by atoms with Crippen LogP contribution in [0.4, 0.5) is 0 Å². The van der Waals surface area contributed by atoms with Gasteiger partial charge >= 0.3 is 0 Å². The average Bonchev–Trinajstić information content (AvgIpc) is 2.87. The summed E-state index contributed by atoms with van der Waals surface area (Å²) >= 11 is 12.2. The first-order valence-electron chi connectivity index (χ1n) is 6.94. The maximum absolute atomic E-state index is 6.17. The van der Waals surface area contributed by atoms with Crippen LogP contribution < -0.4 is 10.1 Å². The van der Waals surface area contributed by atoms with E-state index in [4.69, 9.17) is 27.9 Å². The van der Waals surface area contributed by atoms with Crippen LogP contribution in [0.25, 0.3) is 0 Å². The molecule has 2 nitrogen and oxygen atoms in total. The van der Waals surface area contributed by atoms with E-state index >= 15 is 0 Å². The zero-order valence-corrected chi connectivity index (χ0v) is 13.5. The molecule has 0 bridgehead atoms. The fourth-order valence-electron chi connectivity index (χ4n) is 3.11. The fraction of sp³-hybridized carbons (Fsp3) is 0.294. The topological polar surface area (TPSA) is 21.3 Å². The van der Waals surface area contributed by atoms with Gasteiger partial charge in [-0.2, -0.15) is 0 Å². The van der Waals surface area contributed by atoms with E-state index in [1.807, 2.05) is 25.2 Å². The van der Waals surface area contributed by atoms with E-state index in [1.165, 1.54) is 16.7 Å². The Morgan fingerprint density at radius 2 is 1.86 bits per heavy atom. The van der Waals surface area contributed by atoms with Gasteiger partial charge in [-0.15, -0.1) is 0 Å². The van der Waals surface area contributed by atoms with Crippen LogP contribution in [0.1, 0.15) is 35.1 Å². The van der Waals surface area contributed by atoms with Crippen LogP contribution in [0, 0.1) is 0 Å². The van der Waals surface area contributed by atoms with Crippen molar-refractivity contribution in [3.05, 3.63) is 63.1 Å². The zero-order valence-electron chi connectivity index (χ0n) is 12.0. The number of nitrogens with one attached hydrogen (secondary N) is 1. The highest BCUT2D eigenvalue weighted by atomic mass is 35.5. The molecule has 2 atom stereocenters. The summed E-state index contributed by atoms with van der Waals surface area (Å²) in [5.41, 5.74) is 3.83. The average molecular weight is 322 g/mol. The molecule has 0 unspecified atom stereocenters. The Hall–Kier alpha value is -1.22. The summed E-state index contributed by atoms with van der Waals surface area (Å²) in [6.45, 7) is 0. The minimum absolute atomic E-state index is 0.328. The molecule has 0 saturated carbocycles. The first kappa shape index (κ1) is 14.7. The van der Waals surface area contributed by atoms with Gasteiger partial charge in [-0.1, -0.05) is 35.3 Å². The van der Waals surface area contributed by atoms with E-state index in [2.05, 4.69) is 23.5 Å². The van der Waals surface area contributed by atoms with E-state index in [0.717, 1.165) is 12.2 Å². The van der Waals surface area contributed by atoms with Gasteiger partial charge in [0, 0.05) is 12.0 Å². The van der Waals surface area contributed by atoms with Gasteiger partial charge in [-0.25, -0.2) is 0 Å². The number of fused-ring (bicyclic) bond motifs is 1. The second-order valence-electron chi connectivity index (χ2n) is 5.30. The van der Waals surface area contributed by atoms with Crippen molar-refractivity contribution in [2.45, 2.75) is 18.4 Å². The largest absolute Gasteiger partial charge is 0.497 e. The Labute approximate surface area is 135 Å². The number of ether oxygens (including phenoxy) is 1. The zero-order chi connectivity index (χ0) is 15.0. The summed E-state index contributed by atoms with van der Waals surface area (Å²) in [4.78, 5) is 0. The Bertz CT molecular complexity index is 672. The molecule has 21 heavy (non-hydrogen) atoms. The first-order valence-corrected chi connectivity index (χ1v) is 7.69. The lowest BCUT2D eigenvalue weighted by Crippen LogP contribution is -2.13. The van der Waals surface area contributed by atoms with Crippen LogP contribution in [-0.2, 0) is 0 Å². The molecule has 0 saturated heterocycles. The molecule has 4 heteroatoms. The van der Waals surface area contributed by atoms with Crippen molar-refractivity contribution in [2.75, 3.05) is 14.2 Å². The van der Waals surface area contributed by atoms with E-state index < -0.39 is 0 Å². The van der Waals surface area contributed by atoms with Crippen LogP contribution in [0.3, 0.4) is 0 Å². The summed E-state index contributed by atoms with van der Waals surface area (Å²) in [6, 6.07) is 12.5. The van der Waals surface area contributed by atoms with Crippen molar-refractivity contribution in [1.82, 2.24) is 5.32 Å². The highest BCUT2D eigenvalue weighted by molar-refractivity contribution is 6.42. The molecule has 0 spiro atoms. The number of hydrogen-bond acceptors (Lipinski definition) is 2. The van der Waals surface area contributed by atoms with Gasteiger partial charge in [0.25, 0.3) is 0 Å². The summed E-state index contributed by atoms with van der Waals surface area (Å²) in [6.07, 6.45) is 1.01. The molecule has 0 heterocycles. The van der Waals surface area contributed by atoms with Crippen LogP contribution in [0.5, 0.6) is 5.75 Å². The predicted molar refractivity (Wildman–Crippen MR) is 87.7 cm³/mol. The quantitative estimate of drug-likeness (QED) is 0.876. The highest BCUT2D eigenvalue weighted by Gasteiger charge is 2.31. The van der Waals surface area contributed by atoms with Gasteiger partial charge in [0.15, 0.2) is 0 Å². The molecule has 0 amide bonds. The predicted octanol–water partition coefficient (Wildman–Crippen LogP) is 4.80. The van der Waals surface area contributed by atoms with Crippen molar-refractivity contribution in [2.24, 2.45) is 0 Å². The molecule has 3 rings (SSSR count). The minimum atomic E-state index is 0.328. The molecule has 0 aliphatic heterocycles. The molecular weight excluding hydrogens is 305 g/mol. The normalized spacial score (nSPS) is 20.4. The highest BCUT2D eigenvalue weighted by Crippen LogP contribution is 2.45. The van der Waals surface area contributed by atoms with Gasteiger partial charge in [0.1, 0.15) is 5.75 Å². The lowest BCUT2D eigenvalue weighted by molar-refractivity contribution is 0.413. The lowest BCUT2D eigenvalue weighted by atomic mass is 9.93. The smallest absolute Gasteiger partial charge is 0.119 e. The van der Waals surface area contributed by atoms with E-state index in [0.29, 0.717) is 22.0 Å². The second-order valence-corrected chi connectivity index (χ2v) is 6.11. The first-order chi connectivity index (χ1) is 10.1. The van der Waals surface area contributed by atoms with Crippen molar-refractivity contribution < 1.29 is 4.74 Å². The number of rotatable bonds is 3. The van der Waals surface area contributed by atoms with Crippen molar-refractivity contribution in [3.8, 4) is 5.75 Å². The Balaban J connectivity index is 2.05. The lowest BCUT2D eigenvalue weighted by Gasteiger charge is -2.13. The van der Waals surface area contributed by atoms with E-state index in [1.54, 1.807) is 7.11 Å². The molecule has 110 valence electrons. The van der Waals surface area contributed by atoms with Gasteiger partial charge in [-0.3, -0.25) is 0 Å². The van der Waals surface area contributed by atoms with E-state index in [9.17, 15) is 0 Å². The second kappa shape index (κ2) is 5.88. The van der Waals surface area contributed by atoms with E-state index in [-0.39, 0.29) is 0 Å². The Morgan fingerprint density at radius 3 is 2.52 bits per heavy atom. The third-order valence-electron chi connectivity index (χ3n) is 4.21. The van der Waals surface area contributed by atoms with Gasteiger partial charge in [0.05, 0.1) is 17.2 Å². The number of methoxy groups -OCH3 is 1. The molecule has 0 aromatic heterocycles. The molecular formula is C17H17Cl2NO. The van der Waals surface area contributed by atoms with Crippen LogP contribution >= 0.6 is 23.2 Å². The summed E-state index contributed by atoms with van der Waals surface area (Å²) < 4.78 is 5.34. The molecule has 2 aromatic rings. The van der Waals surface area contributed by atoms with Gasteiger partial charge < -0.3 is 10.1 Å². The summed E-state index contributed by atoms with van der Waals surface area (Å²) in [7, 11) is 3.69. The maximum Gasteiger partial charge on any atom is 0.119 e. The molecule has 0 fully saturated rings. The maximum atomic E-state index is 6.17. The number of hydrogen-bond donors (Lipinski definition) is 1. The number of benzene rings is 2. The minimum Gasteiger partial charge on any atom is -0.497 e. The summed E-state index contributed by atoms with van der Waals surface area (Å²) in [5.74, 6) is 1.22. The molecule has 0 radical (unpaired) electrons. The molecule has 1 aliphatic carbocycles. The van der Waals surface area contributed by atoms with Crippen LogP contribution in [0.15, 0.2) is 36.4 Å². The van der Waals surface area contributed by atoms with Crippen LogP contribution in [0.2, 0.25) is 10.0 Å². The van der Waals surface area contributed by atoms with Crippen molar-refractivity contribution in [1.29, 1.82) is 0 Å². The molecule has 2 aromatic carbocycles. The third-order valence-corrected chi connectivity index (χ3v) is 4.95.